The van der Waals surface area contributed by atoms with E-state index in [-0.39, 0.29) is 12.1 Å². The zero-order valence-electron chi connectivity index (χ0n) is 21.9. The van der Waals surface area contributed by atoms with Crippen LogP contribution < -0.4 is 10.7 Å². The first-order chi connectivity index (χ1) is 19.4. The lowest BCUT2D eigenvalue weighted by atomic mass is 9.93. The maximum absolute atomic E-state index is 13.7. The minimum Gasteiger partial charge on any atom is -0.381 e. The van der Waals surface area contributed by atoms with Gasteiger partial charge < -0.3 is 14.6 Å². The SMILES string of the molecule is COC1CCC(N=c2cc3n(-c4cccc(C(F)(F)F)c4)c4ccccc4nc-3cc2Nc2cccnc2)CC1. The van der Waals surface area contributed by atoms with Crippen LogP contribution in [0.3, 0.4) is 0 Å². The minimum atomic E-state index is -4.46. The van der Waals surface area contributed by atoms with Gasteiger partial charge in [-0.25, -0.2) is 4.98 Å². The maximum Gasteiger partial charge on any atom is 0.416 e. The fourth-order valence-corrected chi connectivity index (χ4v) is 5.35. The first-order valence-corrected chi connectivity index (χ1v) is 13.3. The monoisotopic (exact) mass is 543 g/mol. The van der Waals surface area contributed by atoms with Crippen LogP contribution in [0.1, 0.15) is 31.2 Å². The van der Waals surface area contributed by atoms with Crippen molar-refractivity contribution in [3.8, 4) is 17.1 Å². The molecule has 0 spiro atoms. The summed E-state index contributed by atoms with van der Waals surface area (Å²) in [5.41, 5.74) is 3.92. The summed E-state index contributed by atoms with van der Waals surface area (Å²) in [4.78, 5) is 14.2. The molecule has 1 fully saturated rings. The number of rotatable bonds is 5. The summed E-state index contributed by atoms with van der Waals surface area (Å²) in [7, 11) is 1.74. The highest BCUT2D eigenvalue weighted by Crippen LogP contribution is 2.34. The third kappa shape index (κ3) is 5.29. The molecule has 3 aromatic rings. The highest BCUT2D eigenvalue weighted by Gasteiger charge is 2.31. The maximum atomic E-state index is 13.7. The average molecular weight is 544 g/mol. The second-order valence-electron chi connectivity index (χ2n) is 10.0. The van der Waals surface area contributed by atoms with Gasteiger partial charge in [0.2, 0.25) is 0 Å². The Morgan fingerprint density at radius 2 is 1.77 bits per heavy atom. The molecule has 0 radical (unpaired) electrons. The van der Waals surface area contributed by atoms with Crippen molar-refractivity contribution >= 4 is 22.4 Å². The predicted octanol–water partition coefficient (Wildman–Crippen LogP) is 7.15. The summed E-state index contributed by atoms with van der Waals surface area (Å²) < 4.78 is 48.4. The number of pyridine rings is 1. The Hall–Kier alpha value is -4.24. The normalized spacial score (nSPS) is 18.4. The van der Waals surface area contributed by atoms with E-state index in [0.717, 1.165) is 48.5 Å². The third-order valence-electron chi connectivity index (χ3n) is 7.37. The van der Waals surface area contributed by atoms with Crippen molar-refractivity contribution in [1.82, 2.24) is 14.5 Å². The highest BCUT2D eigenvalue weighted by atomic mass is 19.4. The molecular formula is C31H28F3N5O. The van der Waals surface area contributed by atoms with Gasteiger partial charge in [-0.1, -0.05) is 18.2 Å². The van der Waals surface area contributed by atoms with Crippen LogP contribution in [-0.4, -0.2) is 33.8 Å². The number of aromatic nitrogens is 3. The van der Waals surface area contributed by atoms with E-state index in [0.29, 0.717) is 28.1 Å². The summed E-state index contributed by atoms with van der Waals surface area (Å²) in [5, 5.41) is 4.15. The number of nitrogens with zero attached hydrogens (tertiary/aromatic N) is 4. The highest BCUT2D eigenvalue weighted by molar-refractivity contribution is 5.84. The van der Waals surface area contributed by atoms with Crippen molar-refractivity contribution in [2.45, 2.75) is 44.0 Å². The van der Waals surface area contributed by atoms with Gasteiger partial charge in [-0.05, 0) is 80.3 Å². The molecule has 0 bridgehead atoms. The van der Waals surface area contributed by atoms with Crippen molar-refractivity contribution in [2.75, 3.05) is 12.4 Å². The first kappa shape index (κ1) is 26.0. The molecule has 2 heterocycles. The largest absolute Gasteiger partial charge is 0.416 e. The van der Waals surface area contributed by atoms with Crippen LogP contribution in [0.15, 0.2) is 90.2 Å². The number of alkyl halides is 3. The molecule has 3 aliphatic rings. The summed E-state index contributed by atoms with van der Waals surface area (Å²) in [6.45, 7) is 0. The van der Waals surface area contributed by atoms with E-state index in [2.05, 4.69) is 10.3 Å². The standard InChI is InChI=1S/C31H28F3N5O/c1-40-24-13-11-21(12-14-24)36-27-18-30-28(17-26(27)37-22-7-5-15-35-19-22)38-25-9-2-3-10-29(25)39(30)23-8-4-6-20(16-23)31(32,33)34/h2-10,15-19,21,24,37H,11-14H2,1H3. The van der Waals surface area contributed by atoms with Gasteiger partial charge in [0, 0.05) is 19.0 Å². The molecule has 204 valence electrons. The number of para-hydroxylation sites is 2. The van der Waals surface area contributed by atoms with Crippen LogP contribution in [0.5, 0.6) is 0 Å². The third-order valence-corrected chi connectivity index (χ3v) is 7.37. The molecule has 0 saturated heterocycles. The van der Waals surface area contributed by atoms with Crippen molar-refractivity contribution in [3.05, 3.63) is 96.1 Å². The van der Waals surface area contributed by atoms with E-state index in [4.69, 9.17) is 14.7 Å². The molecular weight excluding hydrogens is 515 g/mol. The van der Waals surface area contributed by atoms with Crippen molar-refractivity contribution < 1.29 is 17.9 Å². The van der Waals surface area contributed by atoms with Gasteiger partial charge in [-0.2, -0.15) is 13.2 Å². The molecule has 1 saturated carbocycles. The molecule has 6 rings (SSSR count). The molecule has 0 unspecified atom stereocenters. The van der Waals surface area contributed by atoms with E-state index in [1.54, 1.807) is 25.6 Å². The number of halogens is 3. The van der Waals surface area contributed by atoms with Crippen LogP contribution in [0, 0.1) is 0 Å². The number of ether oxygens (including phenoxy) is 1. The lowest BCUT2D eigenvalue weighted by Gasteiger charge is -2.25. The first-order valence-electron chi connectivity index (χ1n) is 13.3. The predicted molar refractivity (Wildman–Crippen MR) is 149 cm³/mol. The number of hydrogen-bond donors (Lipinski definition) is 1. The Kier molecular flexibility index (Phi) is 6.98. The second kappa shape index (κ2) is 10.7. The van der Waals surface area contributed by atoms with Crippen LogP contribution in [0.4, 0.5) is 24.5 Å². The van der Waals surface area contributed by atoms with Gasteiger partial charge in [0.05, 0.1) is 63.1 Å². The molecule has 2 aliphatic carbocycles. The Balaban J connectivity index is 1.59. The Labute approximate surface area is 229 Å². The molecule has 6 nitrogen and oxygen atoms in total. The van der Waals surface area contributed by atoms with E-state index in [1.165, 1.54) is 12.1 Å². The fourth-order valence-electron chi connectivity index (χ4n) is 5.35. The number of anilines is 2. The zero-order valence-corrected chi connectivity index (χ0v) is 21.9. The van der Waals surface area contributed by atoms with Gasteiger partial charge in [0.1, 0.15) is 0 Å². The van der Waals surface area contributed by atoms with Gasteiger partial charge in [-0.3, -0.25) is 9.98 Å². The molecule has 1 N–H and O–H groups in total. The topological polar surface area (TPSA) is 64.3 Å². The number of methoxy groups -OCH3 is 1. The fraction of sp³-hybridized carbons (Fsp3) is 0.258. The number of fused-ring (bicyclic) bond motifs is 2. The Morgan fingerprint density at radius 3 is 2.52 bits per heavy atom. The summed E-state index contributed by atoms with van der Waals surface area (Å²) >= 11 is 0. The van der Waals surface area contributed by atoms with Crippen LogP contribution in [0.2, 0.25) is 0 Å². The molecule has 1 aliphatic heterocycles. The van der Waals surface area contributed by atoms with E-state index < -0.39 is 11.7 Å². The Bertz CT molecular complexity index is 1670. The van der Waals surface area contributed by atoms with E-state index in [1.807, 2.05) is 53.1 Å². The lowest BCUT2D eigenvalue weighted by Crippen LogP contribution is -2.25. The summed E-state index contributed by atoms with van der Waals surface area (Å²) in [6.07, 6.45) is 2.87. The lowest BCUT2D eigenvalue weighted by molar-refractivity contribution is -0.137. The molecule has 9 heteroatoms. The Morgan fingerprint density at radius 1 is 0.950 bits per heavy atom. The minimum absolute atomic E-state index is 0.105. The van der Waals surface area contributed by atoms with Gasteiger partial charge in [0.15, 0.2) is 0 Å². The molecule has 1 aromatic heterocycles. The number of nitrogens with one attached hydrogen (secondary N) is 1. The van der Waals surface area contributed by atoms with Crippen molar-refractivity contribution in [1.29, 1.82) is 0 Å². The quantitative estimate of drug-likeness (QED) is 0.239. The van der Waals surface area contributed by atoms with Crippen LogP contribution >= 0.6 is 0 Å². The molecule has 0 atom stereocenters. The van der Waals surface area contributed by atoms with Gasteiger partial charge in [-0.15, -0.1) is 0 Å². The van der Waals surface area contributed by atoms with E-state index in [9.17, 15) is 13.2 Å². The average Bonchev–Trinajstić information content (AvgIpc) is 2.97. The van der Waals surface area contributed by atoms with Crippen LogP contribution in [0.25, 0.3) is 28.1 Å². The van der Waals surface area contributed by atoms with Crippen molar-refractivity contribution in [3.63, 3.8) is 0 Å². The van der Waals surface area contributed by atoms with Crippen LogP contribution in [-0.2, 0) is 10.9 Å². The van der Waals surface area contributed by atoms with Crippen molar-refractivity contribution in [2.24, 2.45) is 4.99 Å². The zero-order chi connectivity index (χ0) is 27.7. The van der Waals surface area contributed by atoms with Gasteiger partial charge in [0.25, 0.3) is 0 Å². The second-order valence-corrected chi connectivity index (χ2v) is 10.0. The van der Waals surface area contributed by atoms with Gasteiger partial charge >= 0.3 is 6.18 Å². The number of benzene rings is 3. The number of hydrogen-bond acceptors (Lipinski definition) is 5. The van der Waals surface area contributed by atoms with E-state index >= 15 is 0 Å². The molecule has 0 amide bonds. The molecule has 40 heavy (non-hydrogen) atoms. The summed E-state index contributed by atoms with van der Waals surface area (Å²) in [6, 6.07) is 20.6. The molecule has 2 aromatic carbocycles. The summed E-state index contributed by atoms with van der Waals surface area (Å²) in [5.74, 6) is 0. The smallest absolute Gasteiger partial charge is 0.381 e.